The number of aromatic nitrogens is 2. The van der Waals surface area contributed by atoms with Crippen LogP contribution in [0.1, 0.15) is 18.4 Å². The number of likely N-dealkylation sites (tertiary alicyclic amines) is 1. The predicted molar refractivity (Wildman–Crippen MR) is 114 cm³/mol. The van der Waals surface area contributed by atoms with Gasteiger partial charge in [-0.3, -0.25) is 4.79 Å². The molecule has 162 valence electrons. The quantitative estimate of drug-likeness (QED) is 0.700. The molecule has 2 heterocycles. The van der Waals surface area contributed by atoms with E-state index >= 15 is 0 Å². The molecule has 1 saturated heterocycles. The van der Waals surface area contributed by atoms with Gasteiger partial charge in [-0.1, -0.05) is 12.1 Å². The standard InChI is InChI=1S/C24H26FN3O3/c1-15-8-18(6-7-19(15)25)31-23-10-17-12-27(11-16(17)9-22(23)29)24(30)13-28-14-26-20-4-2-3-5-21(20)28/h2-8,14,16-17,22-23,29H,9-13H2,1H3/t16-,17+,22+,23+/m0/s1. The third kappa shape index (κ3) is 3.90. The van der Waals surface area contributed by atoms with Gasteiger partial charge < -0.3 is 19.3 Å². The van der Waals surface area contributed by atoms with Gasteiger partial charge in [0.15, 0.2) is 0 Å². The van der Waals surface area contributed by atoms with E-state index in [0.717, 1.165) is 11.0 Å². The van der Waals surface area contributed by atoms with Crippen LogP contribution in [0.4, 0.5) is 4.39 Å². The van der Waals surface area contributed by atoms with Crippen molar-refractivity contribution in [3.63, 3.8) is 0 Å². The van der Waals surface area contributed by atoms with Crippen LogP contribution in [0, 0.1) is 24.6 Å². The Hall–Kier alpha value is -2.93. The first-order valence-electron chi connectivity index (χ1n) is 10.8. The first-order chi connectivity index (χ1) is 15.0. The molecule has 1 amide bonds. The summed E-state index contributed by atoms with van der Waals surface area (Å²) in [6.07, 6.45) is 2.05. The summed E-state index contributed by atoms with van der Waals surface area (Å²) in [6.45, 7) is 3.29. The number of aliphatic hydroxyl groups is 1. The molecule has 0 radical (unpaired) electrons. The van der Waals surface area contributed by atoms with E-state index in [-0.39, 0.29) is 30.3 Å². The van der Waals surface area contributed by atoms with E-state index in [2.05, 4.69) is 4.98 Å². The van der Waals surface area contributed by atoms with E-state index in [4.69, 9.17) is 4.74 Å². The zero-order valence-electron chi connectivity index (χ0n) is 17.4. The first kappa shape index (κ1) is 20.0. The molecule has 5 rings (SSSR count). The lowest BCUT2D eigenvalue weighted by molar-refractivity contribution is -0.131. The Morgan fingerprint density at radius 1 is 1.19 bits per heavy atom. The SMILES string of the molecule is Cc1cc(O[C@@H]2C[C@@H]3CN(C(=O)Cn4cnc5ccccc54)C[C@@H]3C[C@H]2O)ccc1F. The van der Waals surface area contributed by atoms with E-state index in [9.17, 15) is 14.3 Å². The van der Waals surface area contributed by atoms with Gasteiger partial charge in [0, 0.05) is 13.1 Å². The topological polar surface area (TPSA) is 67.6 Å². The average molecular weight is 423 g/mol. The lowest BCUT2D eigenvalue weighted by Crippen LogP contribution is -2.42. The molecule has 1 aliphatic carbocycles. The zero-order chi connectivity index (χ0) is 21.5. The Bertz CT molecular complexity index is 1110. The second kappa shape index (κ2) is 7.96. The van der Waals surface area contributed by atoms with Crippen molar-refractivity contribution >= 4 is 16.9 Å². The highest BCUT2D eigenvalue weighted by molar-refractivity contribution is 5.80. The molecule has 0 spiro atoms. The molecule has 2 aliphatic rings. The van der Waals surface area contributed by atoms with Crippen LogP contribution >= 0.6 is 0 Å². The molecule has 4 atom stereocenters. The first-order valence-corrected chi connectivity index (χ1v) is 10.8. The monoisotopic (exact) mass is 423 g/mol. The van der Waals surface area contributed by atoms with Gasteiger partial charge in [0.1, 0.15) is 24.2 Å². The smallest absolute Gasteiger partial charge is 0.242 e. The van der Waals surface area contributed by atoms with Crippen molar-refractivity contribution in [2.24, 2.45) is 11.8 Å². The number of para-hydroxylation sites is 2. The number of carbonyl (C=O) groups excluding carboxylic acids is 1. The van der Waals surface area contributed by atoms with Gasteiger partial charge in [0.05, 0.1) is 23.5 Å². The number of nitrogens with zero attached hydrogens (tertiary/aromatic N) is 3. The summed E-state index contributed by atoms with van der Waals surface area (Å²) in [5.41, 5.74) is 2.35. The predicted octanol–water partition coefficient (Wildman–Crippen LogP) is 3.16. The molecule has 1 aliphatic heterocycles. The number of amides is 1. The molecule has 3 aromatic rings. The van der Waals surface area contributed by atoms with Crippen molar-refractivity contribution < 1.29 is 19.0 Å². The van der Waals surface area contributed by atoms with Crippen molar-refractivity contribution in [1.82, 2.24) is 14.5 Å². The Morgan fingerprint density at radius 2 is 1.97 bits per heavy atom. The van der Waals surface area contributed by atoms with Gasteiger partial charge in [0.2, 0.25) is 5.91 Å². The molecule has 6 nitrogen and oxygen atoms in total. The van der Waals surface area contributed by atoms with E-state index in [1.807, 2.05) is 33.7 Å². The maximum absolute atomic E-state index is 13.5. The van der Waals surface area contributed by atoms with Crippen LogP contribution in [0.3, 0.4) is 0 Å². The molecular formula is C24H26FN3O3. The van der Waals surface area contributed by atoms with Gasteiger partial charge in [-0.25, -0.2) is 9.37 Å². The van der Waals surface area contributed by atoms with E-state index < -0.39 is 6.10 Å². The third-order valence-electron chi connectivity index (χ3n) is 6.69. The molecule has 0 bridgehead atoms. The number of ether oxygens (including phenoxy) is 1. The van der Waals surface area contributed by atoms with E-state index in [0.29, 0.717) is 43.2 Å². The summed E-state index contributed by atoms with van der Waals surface area (Å²) in [6, 6.07) is 12.4. The highest BCUT2D eigenvalue weighted by Gasteiger charge is 2.43. The van der Waals surface area contributed by atoms with Crippen LogP contribution in [0.25, 0.3) is 11.0 Å². The van der Waals surface area contributed by atoms with Crippen molar-refractivity contribution in [2.45, 2.75) is 38.5 Å². The third-order valence-corrected chi connectivity index (χ3v) is 6.69. The van der Waals surface area contributed by atoms with Crippen LogP contribution in [0.5, 0.6) is 5.75 Å². The molecule has 1 saturated carbocycles. The van der Waals surface area contributed by atoms with Crippen LogP contribution in [0.15, 0.2) is 48.8 Å². The molecule has 31 heavy (non-hydrogen) atoms. The molecular weight excluding hydrogens is 397 g/mol. The Morgan fingerprint density at radius 3 is 2.77 bits per heavy atom. The zero-order valence-corrected chi connectivity index (χ0v) is 17.4. The number of benzene rings is 2. The number of hydrogen-bond donors (Lipinski definition) is 1. The summed E-state index contributed by atoms with van der Waals surface area (Å²) in [4.78, 5) is 19.2. The Balaban J connectivity index is 1.23. The van der Waals surface area contributed by atoms with Gasteiger partial charge in [-0.2, -0.15) is 0 Å². The van der Waals surface area contributed by atoms with Gasteiger partial charge in [0.25, 0.3) is 0 Å². The lowest BCUT2D eigenvalue weighted by atomic mass is 9.78. The van der Waals surface area contributed by atoms with Crippen LogP contribution in [-0.4, -0.2) is 50.8 Å². The van der Waals surface area contributed by atoms with Gasteiger partial charge in [-0.15, -0.1) is 0 Å². The number of aryl methyl sites for hydroxylation is 1. The molecule has 2 fully saturated rings. The summed E-state index contributed by atoms with van der Waals surface area (Å²) in [7, 11) is 0. The maximum Gasteiger partial charge on any atom is 0.242 e. The number of carbonyl (C=O) groups is 1. The van der Waals surface area contributed by atoms with Crippen molar-refractivity contribution in [3.05, 3.63) is 60.2 Å². The minimum Gasteiger partial charge on any atom is -0.488 e. The van der Waals surface area contributed by atoms with Crippen LogP contribution < -0.4 is 4.74 Å². The van der Waals surface area contributed by atoms with Crippen molar-refractivity contribution in [1.29, 1.82) is 0 Å². The highest BCUT2D eigenvalue weighted by atomic mass is 19.1. The Labute approximate surface area is 180 Å². The average Bonchev–Trinajstić information content (AvgIpc) is 3.35. The fourth-order valence-corrected chi connectivity index (χ4v) is 4.97. The van der Waals surface area contributed by atoms with Crippen molar-refractivity contribution in [2.75, 3.05) is 13.1 Å². The normalized spacial score (nSPS) is 25.6. The maximum atomic E-state index is 13.5. The van der Waals surface area contributed by atoms with Crippen LogP contribution in [-0.2, 0) is 11.3 Å². The largest absolute Gasteiger partial charge is 0.488 e. The van der Waals surface area contributed by atoms with E-state index in [1.165, 1.54) is 6.07 Å². The number of imidazole rings is 1. The lowest BCUT2D eigenvalue weighted by Gasteiger charge is -2.35. The summed E-state index contributed by atoms with van der Waals surface area (Å²) in [5.74, 6) is 0.928. The Kier molecular flexibility index (Phi) is 5.14. The summed E-state index contributed by atoms with van der Waals surface area (Å²) in [5, 5.41) is 10.6. The molecule has 1 aromatic heterocycles. The number of hydrogen-bond acceptors (Lipinski definition) is 4. The number of fused-ring (bicyclic) bond motifs is 2. The number of aliphatic hydroxyl groups excluding tert-OH is 1. The number of halogens is 1. The minimum absolute atomic E-state index is 0.0682. The van der Waals surface area contributed by atoms with Gasteiger partial charge in [-0.05, 0) is 67.5 Å². The molecule has 1 N–H and O–H groups in total. The summed E-state index contributed by atoms with van der Waals surface area (Å²) < 4.78 is 21.4. The molecule has 2 aromatic carbocycles. The highest BCUT2D eigenvalue weighted by Crippen LogP contribution is 2.38. The van der Waals surface area contributed by atoms with Crippen molar-refractivity contribution in [3.8, 4) is 5.75 Å². The second-order valence-corrected chi connectivity index (χ2v) is 8.79. The van der Waals surface area contributed by atoms with Gasteiger partial charge >= 0.3 is 0 Å². The molecule has 7 heteroatoms. The van der Waals surface area contributed by atoms with Crippen LogP contribution in [0.2, 0.25) is 0 Å². The molecule has 0 unspecified atom stereocenters. The second-order valence-electron chi connectivity index (χ2n) is 8.79. The fourth-order valence-electron chi connectivity index (χ4n) is 4.97. The van der Waals surface area contributed by atoms with E-state index in [1.54, 1.807) is 25.4 Å². The fraction of sp³-hybridized carbons (Fsp3) is 0.417. The summed E-state index contributed by atoms with van der Waals surface area (Å²) >= 11 is 0. The number of rotatable bonds is 4. The minimum atomic E-state index is -0.598.